The van der Waals surface area contributed by atoms with Crippen molar-refractivity contribution in [3.63, 3.8) is 0 Å². The van der Waals surface area contributed by atoms with E-state index in [2.05, 4.69) is 0 Å². The largest absolute Gasteiger partial charge is 0.494 e. The van der Waals surface area contributed by atoms with Crippen molar-refractivity contribution in [1.29, 1.82) is 0 Å². The molecule has 0 amide bonds. The Morgan fingerprint density at radius 2 is 1.90 bits per heavy atom. The normalized spacial score (nSPS) is 16.0. The van der Waals surface area contributed by atoms with Crippen LogP contribution in [-0.2, 0) is 0 Å². The second-order valence-corrected chi connectivity index (χ2v) is 6.62. The van der Waals surface area contributed by atoms with Gasteiger partial charge in [-0.05, 0) is 44.0 Å². The first-order chi connectivity index (χ1) is 10.3. The first-order valence-corrected chi connectivity index (χ1v) is 8.59. The van der Waals surface area contributed by atoms with Gasteiger partial charge >= 0.3 is 0 Å². The van der Waals surface area contributed by atoms with E-state index >= 15 is 0 Å². The number of hydrogen-bond acceptors (Lipinski definition) is 4. The highest BCUT2D eigenvalue weighted by molar-refractivity contribution is 7.16. The van der Waals surface area contributed by atoms with Crippen molar-refractivity contribution in [3.8, 4) is 17.0 Å². The molecule has 21 heavy (non-hydrogen) atoms. The van der Waals surface area contributed by atoms with Crippen molar-refractivity contribution in [2.45, 2.75) is 44.9 Å². The average Bonchev–Trinajstić information content (AvgIpc) is 2.91. The second kappa shape index (κ2) is 6.48. The lowest BCUT2D eigenvalue weighted by Gasteiger charge is -2.18. The third-order valence-corrected chi connectivity index (χ3v) is 5.11. The first-order valence-electron chi connectivity index (χ1n) is 7.77. The monoisotopic (exact) mass is 302 g/mol. The molecule has 0 unspecified atom stereocenters. The summed E-state index contributed by atoms with van der Waals surface area (Å²) in [7, 11) is 0. The molecule has 0 saturated heterocycles. The lowest BCUT2D eigenvalue weighted by atomic mass is 9.90. The summed E-state index contributed by atoms with van der Waals surface area (Å²) in [4.78, 5) is 4.83. The summed E-state index contributed by atoms with van der Waals surface area (Å²) < 4.78 is 5.48. The SMILES string of the molecule is CCOc1ccc(-c2nc(C3CCCCC3)sc2N)cc1. The molecule has 1 aliphatic carbocycles. The fraction of sp³-hybridized carbons (Fsp3) is 0.471. The van der Waals surface area contributed by atoms with Gasteiger partial charge in [-0.25, -0.2) is 4.98 Å². The lowest BCUT2D eigenvalue weighted by molar-refractivity contribution is 0.340. The summed E-state index contributed by atoms with van der Waals surface area (Å²) in [5.74, 6) is 1.50. The van der Waals surface area contributed by atoms with Crippen LogP contribution in [0.15, 0.2) is 24.3 Å². The first kappa shape index (κ1) is 14.4. The molecule has 1 fully saturated rings. The molecule has 0 atom stereocenters. The molecule has 1 heterocycles. The molecule has 1 saturated carbocycles. The third kappa shape index (κ3) is 3.21. The molecule has 112 valence electrons. The summed E-state index contributed by atoms with van der Waals surface area (Å²) in [6, 6.07) is 8.05. The summed E-state index contributed by atoms with van der Waals surface area (Å²) in [6.07, 6.45) is 6.53. The van der Waals surface area contributed by atoms with Crippen molar-refractivity contribution in [3.05, 3.63) is 29.3 Å². The fourth-order valence-electron chi connectivity index (χ4n) is 2.96. The van der Waals surface area contributed by atoms with Gasteiger partial charge in [-0.2, -0.15) is 0 Å². The van der Waals surface area contributed by atoms with E-state index in [4.69, 9.17) is 15.5 Å². The predicted octanol–water partition coefficient (Wildman–Crippen LogP) is 4.84. The van der Waals surface area contributed by atoms with E-state index in [0.717, 1.165) is 22.0 Å². The zero-order valence-electron chi connectivity index (χ0n) is 12.5. The molecule has 3 nitrogen and oxygen atoms in total. The minimum absolute atomic E-state index is 0.613. The maximum absolute atomic E-state index is 6.20. The molecule has 0 spiro atoms. The minimum Gasteiger partial charge on any atom is -0.494 e. The highest BCUT2D eigenvalue weighted by atomic mass is 32.1. The van der Waals surface area contributed by atoms with Gasteiger partial charge in [0.1, 0.15) is 16.4 Å². The molecule has 3 rings (SSSR count). The number of thiazole rings is 1. The van der Waals surface area contributed by atoms with Crippen LogP contribution in [0.2, 0.25) is 0 Å². The van der Waals surface area contributed by atoms with Gasteiger partial charge in [-0.3, -0.25) is 0 Å². The van der Waals surface area contributed by atoms with Crippen molar-refractivity contribution < 1.29 is 4.74 Å². The van der Waals surface area contributed by atoms with Gasteiger partial charge < -0.3 is 10.5 Å². The van der Waals surface area contributed by atoms with Crippen LogP contribution in [0.25, 0.3) is 11.3 Å². The van der Waals surface area contributed by atoms with Crippen LogP contribution >= 0.6 is 11.3 Å². The maximum atomic E-state index is 6.20. The van der Waals surface area contributed by atoms with Crippen molar-refractivity contribution in [2.75, 3.05) is 12.3 Å². The Morgan fingerprint density at radius 1 is 1.19 bits per heavy atom. The van der Waals surface area contributed by atoms with Crippen LogP contribution in [-0.4, -0.2) is 11.6 Å². The van der Waals surface area contributed by atoms with E-state index in [-0.39, 0.29) is 0 Å². The van der Waals surface area contributed by atoms with E-state index in [1.54, 1.807) is 11.3 Å². The van der Waals surface area contributed by atoms with Gasteiger partial charge in [0.2, 0.25) is 0 Å². The molecule has 0 aliphatic heterocycles. The Kier molecular flexibility index (Phi) is 4.44. The smallest absolute Gasteiger partial charge is 0.119 e. The molecule has 2 N–H and O–H groups in total. The number of nitrogen functional groups attached to an aromatic ring is 1. The van der Waals surface area contributed by atoms with E-state index in [0.29, 0.717) is 12.5 Å². The topological polar surface area (TPSA) is 48.1 Å². The summed E-state index contributed by atoms with van der Waals surface area (Å²) in [6.45, 7) is 2.67. The van der Waals surface area contributed by atoms with E-state index < -0.39 is 0 Å². The lowest BCUT2D eigenvalue weighted by Crippen LogP contribution is -2.03. The molecular weight excluding hydrogens is 280 g/mol. The van der Waals surface area contributed by atoms with E-state index in [1.807, 2.05) is 31.2 Å². The van der Waals surface area contributed by atoms with Crippen LogP contribution in [0.4, 0.5) is 5.00 Å². The molecule has 4 heteroatoms. The van der Waals surface area contributed by atoms with Gasteiger partial charge in [0.25, 0.3) is 0 Å². The van der Waals surface area contributed by atoms with Crippen molar-refractivity contribution >= 4 is 16.3 Å². The van der Waals surface area contributed by atoms with Crippen LogP contribution in [0.1, 0.15) is 50.0 Å². The molecule has 1 aromatic heterocycles. The molecule has 0 bridgehead atoms. The molecule has 1 aromatic carbocycles. The average molecular weight is 302 g/mol. The number of benzene rings is 1. The Labute approximate surface area is 130 Å². The standard InChI is InChI=1S/C17H22N2OS/c1-2-20-14-10-8-12(9-11-14)15-16(18)21-17(19-15)13-6-4-3-5-7-13/h8-11,13H,2-7,18H2,1H3. The predicted molar refractivity (Wildman–Crippen MR) is 89.0 cm³/mol. The third-order valence-electron chi connectivity index (χ3n) is 4.06. The highest BCUT2D eigenvalue weighted by Crippen LogP contribution is 2.39. The number of aromatic nitrogens is 1. The number of nitrogens with two attached hydrogens (primary N) is 1. The van der Waals surface area contributed by atoms with Crippen LogP contribution in [0.5, 0.6) is 5.75 Å². The highest BCUT2D eigenvalue weighted by Gasteiger charge is 2.21. The van der Waals surface area contributed by atoms with E-state index in [9.17, 15) is 0 Å². The Bertz CT molecular complexity index is 585. The Hall–Kier alpha value is -1.55. The summed E-state index contributed by atoms with van der Waals surface area (Å²) >= 11 is 1.67. The zero-order valence-corrected chi connectivity index (χ0v) is 13.3. The van der Waals surface area contributed by atoms with Crippen LogP contribution in [0.3, 0.4) is 0 Å². The Morgan fingerprint density at radius 3 is 2.57 bits per heavy atom. The van der Waals surface area contributed by atoms with Crippen LogP contribution in [0, 0.1) is 0 Å². The summed E-state index contributed by atoms with van der Waals surface area (Å²) in [5, 5.41) is 2.05. The molecule has 0 radical (unpaired) electrons. The number of nitrogens with zero attached hydrogens (tertiary/aromatic N) is 1. The number of ether oxygens (including phenoxy) is 1. The fourth-order valence-corrected chi connectivity index (χ4v) is 3.98. The van der Waals surface area contributed by atoms with Gasteiger partial charge in [0.05, 0.1) is 11.6 Å². The number of rotatable bonds is 4. The minimum atomic E-state index is 0.613. The van der Waals surface area contributed by atoms with Gasteiger partial charge in [0, 0.05) is 11.5 Å². The van der Waals surface area contributed by atoms with Gasteiger partial charge in [0.15, 0.2) is 0 Å². The quantitative estimate of drug-likeness (QED) is 0.879. The maximum Gasteiger partial charge on any atom is 0.119 e. The van der Waals surface area contributed by atoms with Gasteiger partial charge in [-0.1, -0.05) is 19.3 Å². The van der Waals surface area contributed by atoms with Crippen molar-refractivity contribution in [2.24, 2.45) is 0 Å². The summed E-state index contributed by atoms with van der Waals surface area (Å²) in [5.41, 5.74) is 8.21. The number of hydrogen-bond donors (Lipinski definition) is 1. The van der Waals surface area contributed by atoms with Crippen LogP contribution < -0.4 is 10.5 Å². The molecular formula is C17H22N2OS. The van der Waals surface area contributed by atoms with Gasteiger partial charge in [-0.15, -0.1) is 11.3 Å². The Balaban J connectivity index is 1.83. The second-order valence-electron chi connectivity index (χ2n) is 5.56. The zero-order chi connectivity index (χ0) is 14.7. The number of anilines is 1. The van der Waals surface area contributed by atoms with E-state index in [1.165, 1.54) is 37.1 Å². The molecule has 2 aromatic rings. The molecule has 1 aliphatic rings. The van der Waals surface area contributed by atoms with Crippen molar-refractivity contribution in [1.82, 2.24) is 4.98 Å².